The molecule has 0 aliphatic carbocycles. The first-order valence-corrected chi connectivity index (χ1v) is 6.98. The molecule has 0 heterocycles. The van der Waals surface area contributed by atoms with Crippen LogP contribution in [0.5, 0.6) is 11.5 Å². The second-order valence-electron chi connectivity index (χ2n) is 3.82. The van der Waals surface area contributed by atoms with Gasteiger partial charge >= 0.3 is 6.36 Å². The summed E-state index contributed by atoms with van der Waals surface area (Å²) in [6, 6.07) is 2.74. The first-order valence-electron chi connectivity index (χ1n) is 6.18. The van der Waals surface area contributed by atoms with Crippen LogP contribution in [0.3, 0.4) is 0 Å². The molecule has 120 valence electrons. The van der Waals surface area contributed by atoms with Crippen molar-refractivity contribution in [3.8, 4) is 11.5 Å². The molecular formula is C13H16BrF3O4. The Balaban J connectivity index is 3.29. The molecule has 1 aromatic carbocycles. The molecule has 4 nitrogen and oxygen atoms in total. The number of alkyl halides is 3. The molecule has 8 heteroatoms. The van der Waals surface area contributed by atoms with Gasteiger partial charge in [0.1, 0.15) is 0 Å². The summed E-state index contributed by atoms with van der Waals surface area (Å²) in [4.78, 5) is 0. The molecule has 0 aliphatic rings. The van der Waals surface area contributed by atoms with E-state index in [0.29, 0.717) is 23.2 Å². The number of rotatable bonds is 7. The lowest BCUT2D eigenvalue weighted by atomic mass is 10.1. The highest BCUT2D eigenvalue weighted by atomic mass is 79.9. The molecule has 0 saturated carbocycles. The summed E-state index contributed by atoms with van der Waals surface area (Å²) in [5.41, 5.74) is 0.315. The largest absolute Gasteiger partial charge is 0.573 e. The molecule has 0 bridgehead atoms. The minimum absolute atomic E-state index is 0.0811. The molecule has 0 radical (unpaired) electrons. The normalized spacial score (nSPS) is 11.8. The fraction of sp³-hybridized carbons (Fsp3) is 0.538. The molecule has 0 N–H and O–H groups in total. The van der Waals surface area contributed by atoms with Gasteiger partial charge in [-0.15, -0.1) is 13.2 Å². The molecule has 0 aromatic heterocycles. The zero-order valence-electron chi connectivity index (χ0n) is 11.8. The molecule has 0 spiro atoms. The van der Waals surface area contributed by atoms with E-state index in [-0.39, 0.29) is 5.75 Å². The van der Waals surface area contributed by atoms with Crippen LogP contribution in [-0.2, 0) is 9.47 Å². The van der Waals surface area contributed by atoms with Crippen molar-refractivity contribution in [3.63, 3.8) is 0 Å². The Hall–Kier alpha value is -0.990. The Morgan fingerprint density at radius 3 is 2.14 bits per heavy atom. The van der Waals surface area contributed by atoms with Crippen LogP contribution >= 0.6 is 15.9 Å². The number of hydrogen-bond donors (Lipinski definition) is 0. The van der Waals surface area contributed by atoms with Crippen molar-refractivity contribution in [1.29, 1.82) is 0 Å². The van der Waals surface area contributed by atoms with E-state index in [0.717, 1.165) is 0 Å². The summed E-state index contributed by atoms with van der Waals surface area (Å²) >= 11 is 3.14. The first-order chi connectivity index (χ1) is 9.82. The van der Waals surface area contributed by atoms with Crippen molar-refractivity contribution in [2.24, 2.45) is 0 Å². The van der Waals surface area contributed by atoms with Crippen LogP contribution < -0.4 is 9.47 Å². The first kappa shape index (κ1) is 18.1. The van der Waals surface area contributed by atoms with E-state index in [1.165, 1.54) is 13.2 Å². The van der Waals surface area contributed by atoms with Crippen molar-refractivity contribution >= 4 is 15.9 Å². The van der Waals surface area contributed by atoms with Crippen LogP contribution in [0.4, 0.5) is 13.2 Å². The third kappa shape index (κ3) is 5.37. The lowest BCUT2D eigenvalue weighted by Crippen LogP contribution is -2.19. The fourth-order valence-corrected chi connectivity index (χ4v) is 2.17. The van der Waals surface area contributed by atoms with E-state index in [4.69, 9.17) is 14.2 Å². The van der Waals surface area contributed by atoms with Crippen LogP contribution in [0.15, 0.2) is 16.6 Å². The minimum Gasteiger partial charge on any atom is -0.492 e. The highest BCUT2D eigenvalue weighted by molar-refractivity contribution is 9.10. The van der Waals surface area contributed by atoms with Crippen LogP contribution in [0.25, 0.3) is 0 Å². The van der Waals surface area contributed by atoms with E-state index in [1.54, 1.807) is 19.9 Å². The van der Waals surface area contributed by atoms with E-state index in [9.17, 15) is 13.2 Å². The fourth-order valence-electron chi connectivity index (χ4n) is 1.71. The quantitative estimate of drug-likeness (QED) is 0.663. The maximum absolute atomic E-state index is 12.5. The molecule has 0 saturated heterocycles. The summed E-state index contributed by atoms with van der Waals surface area (Å²) in [5, 5.41) is 0. The second-order valence-corrected chi connectivity index (χ2v) is 4.73. The van der Waals surface area contributed by atoms with Crippen LogP contribution in [0.1, 0.15) is 25.7 Å². The smallest absolute Gasteiger partial charge is 0.492 e. The molecule has 0 aliphatic heterocycles. The highest BCUT2D eigenvalue weighted by Crippen LogP contribution is 2.41. The van der Waals surface area contributed by atoms with Gasteiger partial charge in [-0.1, -0.05) is 15.9 Å². The summed E-state index contributed by atoms with van der Waals surface area (Å²) in [7, 11) is 1.25. The van der Waals surface area contributed by atoms with E-state index in [1.807, 2.05) is 0 Å². The van der Waals surface area contributed by atoms with Crippen molar-refractivity contribution < 1.29 is 32.1 Å². The molecule has 0 fully saturated rings. The number of ether oxygens (including phenoxy) is 4. The van der Waals surface area contributed by atoms with Gasteiger partial charge in [0.05, 0.1) is 12.7 Å². The molecule has 0 amide bonds. The maximum atomic E-state index is 12.5. The Kier molecular flexibility index (Phi) is 6.76. The van der Waals surface area contributed by atoms with Gasteiger partial charge in [-0.3, -0.25) is 0 Å². The van der Waals surface area contributed by atoms with Crippen molar-refractivity contribution in [3.05, 3.63) is 22.2 Å². The van der Waals surface area contributed by atoms with Crippen molar-refractivity contribution in [2.45, 2.75) is 26.5 Å². The van der Waals surface area contributed by atoms with Gasteiger partial charge in [-0.05, 0) is 26.0 Å². The Bertz CT molecular complexity index is 459. The highest BCUT2D eigenvalue weighted by Gasteiger charge is 2.34. The zero-order chi connectivity index (χ0) is 16.0. The summed E-state index contributed by atoms with van der Waals surface area (Å²) in [5.74, 6) is -0.541. The second kappa shape index (κ2) is 7.86. The molecule has 21 heavy (non-hydrogen) atoms. The molecule has 0 unspecified atom stereocenters. The number of benzene rings is 1. The number of methoxy groups -OCH3 is 1. The van der Waals surface area contributed by atoms with Crippen molar-refractivity contribution in [2.75, 3.05) is 20.3 Å². The molecule has 1 aromatic rings. The van der Waals surface area contributed by atoms with E-state index < -0.39 is 18.4 Å². The van der Waals surface area contributed by atoms with Gasteiger partial charge in [0.25, 0.3) is 0 Å². The number of halogens is 4. The van der Waals surface area contributed by atoms with Gasteiger partial charge in [-0.25, -0.2) is 0 Å². The Morgan fingerprint density at radius 1 is 1.14 bits per heavy atom. The predicted molar refractivity (Wildman–Crippen MR) is 73.4 cm³/mol. The van der Waals surface area contributed by atoms with Crippen LogP contribution in [-0.4, -0.2) is 26.7 Å². The SMILES string of the molecule is CCOC(OCC)c1cc(Br)cc(OC(F)(F)F)c1OC. The van der Waals surface area contributed by atoms with Gasteiger partial charge in [-0.2, -0.15) is 0 Å². The lowest BCUT2D eigenvalue weighted by molar-refractivity contribution is -0.275. The minimum atomic E-state index is -4.82. The third-order valence-corrected chi connectivity index (χ3v) is 2.83. The monoisotopic (exact) mass is 372 g/mol. The lowest BCUT2D eigenvalue weighted by Gasteiger charge is -2.22. The van der Waals surface area contributed by atoms with Gasteiger partial charge in [0, 0.05) is 17.7 Å². The molecular weight excluding hydrogens is 357 g/mol. The summed E-state index contributed by atoms with van der Waals surface area (Å²) in [6.07, 6.45) is -5.67. The van der Waals surface area contributed by atoms with Gasteiger partial charge < -0.3 is 18.9 Å². The summed E-state index contributed by atoms with van der Waals surface area (Å²) in [6.45, 7) is 4.17. The molecule has 0 atom stereocenters. The molecule has 1 rings (SSSR count). The summed E-state index contributed by atoms with van der Waals surface area (Å²) < 4.78 is 57.6. The van der Waals surface area contributed by atoms with Crippen molar-refractivity contribution in [1.82, 2.24) is 0 Å². The third-order valence-electron chi connectivity index (χ3n) is 2.37. The average Bonchev–Trinajstić information content (AvgIpc) is 2.36. The van der Waals surface area contributed by atoms with E-state index in [2.05, 4.69) is 20.7 Å². The van der Waals surface area contributed by atoms with E-state index >= 15 is 0 Å². The van der Waals surface area contributed by atoms with Gasteiger partial charge in [0.2, 0.25) is 0 Å². The standard InChI is InChI=1S/C13H16BrF3O4/c1-4-19-12(20-5-2)9-6-8(14)7-10(11(9)18-3)21-13(15,16)17/h6-7,12H,4-5H2,1-3H3. The van der Waals surface area contributed by atoms with Gasteiger partial charge in [0.15, 0.2) is 17.8 Å². The Morgan fingerprint density at radius 2 is 1.71 bits per heavy atom. The van der Waals surface area contributed by atoms with Crippen LogP contribution in [0.2, 0.25) is 0 Å². The Labute approximate surface area is 129 Å². The number of hydrogen-bond acceptors (Lipinski definition) is 4. The van der Waals surface area contributed by atoms with Crippen LogP contribution in [0, 0.1) is 0 Å². The topological polar surface area (TPSA) is 36.9 Å². The predicted octanol–water partition coefficient (Wildman–Crippen LogP) is 4.43. The zero-order valence-corrected chi connectivity index (χ0v) is 13.4. The average molecular weight is 373 g/mol. The maximum Gasteiger partial charge on any atom is 0.573 e.